The predicted octanol–water partition coefficient (Wildman–Crippen LogP) is 4.03. The van der Waals surface area contributed by atoms with Crippen LogP contribution in [-0.2, 0) is 6.54 Å². The number of aromatic nitrogens is 3. The third-order valence-corrected chi connectivity index (χ3v) is 4.63. The van der Waals surface area contributed by atoms with Crippen LogP contribution in [0, 0.1) is 6.92 Å². The van der Waals surface area contributed by atoms with Crippen LogP contribution in [0.5, 0.6) is 11.5 Å². The topological polar surface area (TPSA) is 90.4 Å². The molecular weight excluding hydrogens is 382 g/mol. The number of benzene rings is 2. The first-order valence-electron chi connectivity index (χ1n) is 9.60. The highest BCUT2D eigenvalue weighted by atomic mass is 16.5. The fraction of sp³-hybridized carbons (Fsp3) is 0.174. The number of phenolic OH excluding ortho intramolecular Hbond substituents is 1. The van der Waals surface area contributed by atoms with E-state index in [2.05, 4.69) is 10.1 Å². The van der Waals surface area contributed by atoms with Crippen LogP contribution in [0.15, 0.2) is 70.1 Å². The van der Waals surface area contributed by atoms with Crippen molar-refractivity contribution in [1.82, 2.24) is 14.7 Å². The summed E-state index contributed by atoms with van der Waals surface area (Å²) in [7, 11) is 0. The zero-order valence-corrected chi connectivity index (χ0v) is 16.7. The Balaban J connectivity index is 1.65. The van der Waals surface area contributed by atoms with Crippen LogP contribution in [0.25, 0.3) is 22.8 Å². The lowest BCUT2D eigenvalue weighted by atomic mass is 10.1. The van der Waals surface area contributed by atoms with Crippen LogP contribution in [-0.4, -0.2) is 26.4 Å². The average molecular weight is 403 g/mol. The van der Waals surface area contributed by atoms with E-state index in [0.29, 0.717) is 35.9 Å². The van der Waals surface area contributed by atoms with Crippen molar-refractivity contribution in [2.75, 3.05) is 6.61 Å². The summed E-state index contributed by atoms with van der Waals surface area (Å²) in [5, 5.41) is 13.9. The molecule has 0 saturated carbocycles. The van der Waals surface area contributed by atoms with Gasteiger partial charge in [0.1, 0.15) is 5.56 Å². The second-order valence-corrected chi connectivity index (χ2v) is 6.88. The van der Waals surface area contributed by atoms with Crippen LogP contribution in [0.3, 0.4) is 0 Å². The maximum absolute atomic E-state index is 13.0. The van der Waals surface area contributed by atoms with E-state index in [4.69, 9.17) is 9.26 Å². The highest BCUT2D eigenvalue weighted by Crippen LogP contribution is 2.31. The molecule has 7 heteroatoms. The normalized spacial score (nSPS) is 10.9. The Kier molecular flexibility index (Phi) is 5.34. The number of phenols is 1. The molecule has 2 heterocycles. The Morgan fingerprint density at radius 1 is 1.13 bits per heavy atom. The molecular formula is C23H21N3O4. The molecule has 0 saturated heterocycles. The molecule has 0 fully saturated rings. The van der Waals surface area contributed by atoms with Gasteiger partial charge in [-0.25, -0.2) is 0 Å². The number of ether oxygens (including phenoxy) is 1. The molecule has 0 aliphatic carbocycles. The van der Waals surface area contributed by atoms with Gasteiger partial charge < -0.3 is 18.9 Å². The minimum absolute atomic E-state index is 0.0337. The Labute approximate surface area is 173 Å². The maximum Gasteiger partial charge on any atom is 0.263 e. The molecule has 30 heavy (non-hydrogen) atoms. The maximum atomic E-state index is 13.0. The van der Waals surface area contributed by atoms with Crippen molar-refractivity contribution < 1.29 is 14.4 Å². The number of nitrogens with zero attached hydrogens (tertiary/aromatic N) is 3. The zero-order valence-electron chi connectivity index (χ0n) is 16.7. The number of hydrogen-bond donors (Lipinski definition) is 1. The predicted molar refractivity (Wildman–Crippen MR) is 113 cm³/mol. The highest BCUT2D eigenvalue weighted by molar-refractivity contribution is 5.63. The molecule has 0 bridgehead atoms. The lowest BCUT2D eigenvalue weighted by molar-refractivity contribution is 0.318. The lowest BCUT2D eigenvalue weighted by Crippen LogP contribution is -2.21. The third-order valence-electron chi connectivity index (χ3n) is 4.63. The molecule has 152 valence electrons. The molecule has 1 N–H and O–H groups in total. The smallest absolute Gasteiger partial charge is 0.263 e. The van der Waals surface area contributed by atoms with E-state index < -0.39 is 0 Å². The molecule has 2 aromatic carbocycles. The van der Waals surface area contributed by atoms with Crippen molar-refractivity contribution in [3.05, 3.63) is 82.3 Å². The van der Waals surface area contributed by atoms with Gasteiger partial charge in [-0.15, -0.1) is 0 Å². The summed E-state index contributed by atoms with van der Waals surface area (Å²) in [5.74, 6) is 0.812. The van der Waals surface area contributed by atoms with E-state index in [1.807, 2.05) is 38.1 Å². The number of aryl methyl sites for hydroxylation is 1. The van der Waals surface area contributed by atoms with Crippen LogP contribution >= 0.6 is 0 Å². The van der Waals surface area contributed by atoms with Crippen molar-refractivity contribution in [3.8, 4) is 34.3 Å². The van der Waals surface area contributed by atoms with Crippen LogP contribution < -0.4 is 10.3 Å². The molecule has 7 nitrogen and oxygen atoms in total. The van der Waals surface area contributed by atoms with Gasteiger partial charge in [-0.2, -0.15) is 4.98 Å². The summed E-state index contributed by atoms with van der Waals surface area (Å²) >= 11 is 0. The molecule has 0 radical (unpaired) electrons. The van der Waals surface area contributed by atoms with Crippen molar-refractivity contribution in [2.24, 2.45) is 0 Å². The third kappa shape index (κ3) is 3.96. The number of hydrogen-bond acceptors (Lipinski definition) is 6. The SMILES string of the molecule is CCOc1cc(-c2noc(-c3cccn(Cc4cccc(C)c4)c3=O)n2)ccc1O. The van der Waals surface area contributed by atoms with E-state index in [0.717, 1.165) is 11.1 Å². The van der Waals surface area contributed by atoms with Crippen LogP contribution in [0.1, 0.15) is 18.1 Å². The van der Waals surface area contributed by atoms with Crippen LogP contribution in [0.2, 0.25) is 0 Å². The molecule has 4 rings (SSSR count). The van der Waals surface area contributed by atoms with Crippen LogP contribution in [0.4, 0.5) is 0 Å². The first-order chi connectivity index (χ1) is 14.5. The van der Waals surface area contributed by atoms with E-state index in [1.165, 1.54) is 6.07 Å². The minimum atomic E-state index is -0.213. The van der Waals surface area contributed by atoms with Gasteiger partial charge in [0.05, 0.1) is 13.2 Å². The molecule has 0 atom stereocenters. The van der Waals surface area contributed by atoms with Gasteiger partial charge in [0.2, 0.25) is 5.82 Å². The first kappa shape index (κ1) is 19.4. The summed E-state index contributed by atoms with van der Waals surface area (Å²) < 4.78 is 12.4. The summed E-state index contributed by atoms with van der Waals surface area (Å²) in [6.45, 7) is 4.71. The van der Waals surface area contributed by atoms with Gasteiger partial charge >= 0.3 is 0 Å². The first-order valence-corrected chi connectivity index (χ1v) is 9.60. The summed E-state index contributed by atoms with van der Waals surface area (Å²) in [6, 6.07) is 16.3. The zero-order chi connectivity index (χ0) is 21.1. The van der Waals surface area contributed by atoms with Gasteiger partial charge in [-0.05, 0) is 49.7 Å². The standard InChI is InChI=1S/C23H21N3O4/c1-3-29-20-13-17(9-10-19(20)27)21-24-22(30-25-21)18-8-5-11-26(23(18)28)14-16-7-4-6-15(2)12-16/h4-13,27H,3,14H2,1-2H3. The summed E-state index contributed by atoms with van der Waals surface area (Å²) in [4.78, 5) is 17.3. The quantitative estimate of drug-likeness (QED) is 0.523. The lowest BCUT2D eigenvalue weighted by Gasteiger charge is -2.07. The second kappa shape index (κ2) is 8.24. The Bertz CT molecular complexity index is 1240. The molecule has 4 aromatic rings. The molecule has 2 aromatic heterocycles. The largest absolute Gasteiger partial charge is 0.504 e. The Morgan fingerprint density at radius 3 is 2.80 bits per heavy atom. The van der Waals surface area contributed by atoms with Gasteiger partial charge in [0.15, 0.2) is 11.5 Å². The Hall–Kier alpha value is -3.87. The second-order valence-electron chi connectivity index (χ2n) is 6.88. The molecule has 0 aliphatic rings. The average Bonchev–Trinajstić information content (AvgIpc) is 3.21. The highest BCUT2D eigenvalue weighted by Gasteiger charge is 2.16. The number of pyridine rings is 1. The van der Waals surface area contributed by atoms with Crippen molar-refractivity contribution in [1.29, 1.82) is 0 Å². The van der Waals surface area contributed by atoms with Crippen molar-refractivity contribution >= 4 is 0 Å². The van der Waals surface area contributed by atoms with E-state index in [-0.39, 0.29) is 17.2 Å². The summed E-state index contributed by atoms with van der Waals surface area (Å²) in [6.07, 6.45) is 1.74. The molecule has 0 aliphatic heterocycles. The number of rotatable bonds is 6. The molecule has 0 spiro atoms. The van der Waals surface area contributed by atoms with Gasteiger partial charge in [0.25, 0.3) is 11.4 Å². The minimum Gasteiger partial charge on any atom is -0.504 e. The van der Waals surface area contributed by atoms with Crippen molar-refractivity contribution in [2.45, 2.75) is 20.4 Å². The fourth-order valence-corrected chi connectivity index (χ4v) is 3.21. The molecule has 0 amide bonds. The fourth-order valence-electron chi connectivity index (χ4n) is 3.21. The monoisotopic (exact) mass is 403 g/mol. The van der Waals surface area contributed by atoms with Gasteiger partial charge in [0, 0.05) is 11.8 Å². The Morgan fingerprint density at radius 2 is 2.00 bits per heavy atom. The van der Waals surface area contributed by atoms with E-state index in [1.54, 1.807) is 35.0 Å². The molecule has 0 unspecified atom stereocenters. The van der Waals surface area contributed by atoms with Gasteiger partial charge in [-0.3, -0.25) is 4.79 Å². The van der Waals surface area contributed by atoms with Gasteiger partial charge in [-0.1, -0.05) is 35.0 Å². The van der Waals surface area contributed by atoms with E-state index in [9.17, 15) is 9.90 Å². The van der Waals surface area contributed by atoms with Crippen molar-refractivity contribution in [3.63, 3.8) is 0 Å². The number of aromatic hydroxyl groups is 1. The summed E-state index contributed by atoms with van der Waals surface area (Å²) in [5.41, 5.74) is 2.90. The van der Waals surface area contributed by atoms with E-state index >= 15 is 0 Å².